The van der Waals surface area contributed by atoms with E-state index in [4.69, 9.17) is 0 Å². The topological polar surface area (TPSA) is 12.0 Å². The Kier molecular flexibility index (Phi) is 4.85. The lowest BCUT2D eigenvalue weighted by Gasteiger charge is -2.27. The minimum atomic E-state index is -0.786. The van der Waals surface area contributed by atoms with Gasteiger partial charge in [-0.15, -0.1) is 0 Å². The minimum absolute atomic E-state index is 0.0715. The quantitative estimate of drug-likeness (QED) is 0.854. The van der Waals surface area contributed by atoms with Crippen molar-refractivity contribution in [1.82, 2.24) is 5.32 Å². The first-order valence-electron chi connectivity index (χ1n) is 6.40. The molecule has 1 nitrogen and oxygen atoms in total. The predicted octanol–water partition coefficient (Wildman–Crippen LogP) is 4.09. The molecule has 102 valence electrons. The fourth-order valence-corrected chi connectivity index (χ4v) is 1.77. The Balaban J connectivity index is 2.68. The number of hydrogen-bond donors (Lipinski definition) is 1. The van der Waals surface area contributed by atoms with Gasteiger partial charge in [0.15, 0.2) is 11.6 Å². The van der Waals surface area contributed by atoms with Crippen LogP contribution in [0.1, 0.15) is 46.1 Å². The fourth-order valence-electron chi connectivity index (χ4n) is 1.77. The smallest absolute Gasteiger partial charge is 0.159 e. The van der Waals surface area contributed by atoms with Crippen molar-refractivity contribution in [2.75, 3.05) is 6.54 Å². The van der Waals surface area contributed by atoms with Crippen molar-refractivity contribution in [3.8, 4) is 0 Å². The van der Waals surface area contributed by atoms with Crippen LogP contribution in [0.15, 0.2) is 18.2 Å². The second kappa shape index (κ2) is 5.79. The number of hydrogen-bond acceptors (Lipinski definition) is 1. The predicted molar refractivity (Wildman–Crippen MR) is 71.7 cm³/mol. The maximum Gasteiger partial charge on any atom is 0.159 e. The van der Waals surface area contributed by atoms with Crippen LogP contribution in [0.4, 0.5) is 8.78 Å². The van der Waals surface area contributed by atoms with Crippen molar-refractivity contribution in [3.05, 3.63) is 35.4 Å². The Hall–Kier alpha value is -0.960. The summed E-state index contributed by atoms with van der Waals surface area (Å²) in [5.74, 6) is -1.01. The standard InChI is InChI=1S/C15H23F2N/c1-10(9-18-15(3,4)5)11(2)12-6-7-13(16)14(17)8-12/h6-8,10-11,18H,9H2,1-5H3. The molecule has 3 heteroatoms. The van der Waals surface area contributed by atoms with E-state index in [1.165, 1.54) is 12.1 Å². The Morgan fingerprint density at radius 1 is 1.11 bits per heavy atom. The highest BCUT2D eigenvalue weighted by Crippen LogP contribution is 2.25. The van der Waals surface area contributed by atoms with E-state index >= 15 is 0 Å². The van der Waals surface area contributed by atoms with Crippen molar-refractivity contribution < 1.29 is 8.78 Å². The summed E-state index contributed by atoms with van der Waals surface area (Å²) < 4.78 is 26.1. The van der Waals surface area contributed by atoms with Gasteiger partial charge in [0.05, 0.1) is 0 Å². The van der Waals surface area contributed by atoms with Gasteiger partial charge in [-0.1, -0.05) is 19.9 Å². The summed E-state index contributed by atoms with van der Waals surface area (Å²) in [5.41, 5.74) is 0.916. The van der Waals surface area contributed by atoms with E-state index in [0.717, 1.165) is 12.1 Å². The molecule has 0 heterocycles. The molecule has 0 radical (unpaired) electrons. The molecule has 0 amide bonds. The first-order valence-corrected chi connectivity index (χ1v) is 6.40. The van der Waals surface area contributed by atoms with Crippen LogP contribution in [0.5, 0.6) is 0 Å². The van der Waals surface area contributed by atoms with Crippen LogP contribution in [-0.4, -0.2) is 12.1 Å². The van der Waals surface area contributed by atoms with Crippen LogP contribution in [0, 0.1) is 17.6 Å². The Morgan fingerprint density at radius 2 is 1.72 bits per heavy atom. The van der Waals surface area contributed by atoms with Gasteiger partial charge >= 0.3 is 0 Å². The maximum atomic E-state index is 13.2. The summed E-state index contributed by atoms with van der Waals surface area (Å²) in [6.07, 6.45) is 0. The highest BCUT2D eigenvalue weighted by atomic mass is 19.2. The highest BCUT2D eigenvalue weighted by Gasteiger charge is 2.18. The van der Waals surface area contributed by atoms with Gasteiger partial charge in [-0.25, -0.2) is 8.78 Å². The normalized spacial score (nSPS) is 15.5. The Labute approximate surface area is 109 Å². The summed E-state index contributed by atoms with van der Waals surface area (Å²) in [6, 6.07) is 4.16. The van der Waals surface area contributed by atoms with E-state index < -0.39 is 11.6 Å². The van der Waals surface area contributed by atoms with Gasteiger partial charge in [0, 0.05) is 5.54 Å². The molecule has 1 aromatic carbocycles. The van der Waals surface area contributed by atoms with Gasteiger partial charge in [0.1, 0.15) is 0 Å². The van der Waals surface area contributed by atoms with E-state index in [-0.39, 0.29) is 11.5 Å². The molecule has 18 heavy (non-hydrogen) atoms. The molecule has 2 unspecified atom stereocenters. The van der Waals surface area contributed by atoms with Crippen molar-refractivity contribution in [2.24, 2.45) is 5.92 Å². The zero-order valence-corrected chi connectivity index (χ0v) is 11.8. The Bertz CT molecular complexity index is 396. The van der Waals surface area contributed by atoms with E-state index in [1.54, 1.807) is 6.07 Å². The summed E-state index contributed by atoms with van der Waals surface area (Å²) in [6.45, 7) is 11.3. The number of benzene rings is 1. The molecule has 1 rings (SSSR count). The fraction of sp³-hybridized carbons (Fsp3) is 0.600. The molecule has 0 aromatic heterocycles. The molecule has 0 saturated carbocycles. The largest absolute Gasteiger partial charge is 0.312 e. The molecule has 0 saturated heterocycles. The molecule has 0 spiro atoms. The van der Waals surface area contributed by atoms with Crippen LogP contribution in [0.3, 0.4) is 0 Å². The van der Waals surface area contributed by atoms with Gasteiger partial charge in [-0.2, -0.15) is 0 Å². The van der Waals surface area contributed by atoms with Gasteiger partial charge in [-0.3, -0.25) is 0 Å². The lowest BCUT2D eigenvalue weighted by atomic mass is 9.88. The average Bonchev–Trinajstić information content (AvgIpc) is 2.27. The van der Waals surface area contributed by atoms with Crippen LogP contribution in [0.25, 0.3) is 0 Å². The molecule has 1 N–H and O–H groups in total. The molecule has 2 atom stereocenters. The lowest BCUT2D eigenvalue weighted by molar-refractivity contribution is 0.358. The van der Waals surface area contributed by atoms with Crippen LogP contribution < -0.4 is 5.32 Å². The number of rotatable bonds is 4. The lowest BCUT2D eigenvalue weighted by Crippen LogP contribution is -2.39. The molecule has 1 aromatic rings. The maximum absolute atomic E-state index is 13.2. The third-order valence-corrected chi connectivity index (χ3v) is 3.28. The number of nitrogens with one attached hydrogen (secondary N) is 1. The molecule has 0 bridgehead atoms. The first-order chi connectivity index (χ1) is 8.20. The van der Waals surface area contributed by atoms with Crippen LogP contribution in [-0.2, 0) is 0 Å². The van der Waals surface area contributed by atoms with Gasteiger partial charge in [-0.05, 0) is 56.8 Å². The van der Waals surface area contributed by atoms with Crippen molar-refractivity contribution in [1.29, 1.82) is 0 Å². The number of halogens is 2. The second-order valence-electron chi connectivity index (χ2n) is 6.07. The average molecular weight is 255 g/mol. The highest BCUT2D eigenvalue weighted by molar-refractivity contribution is 5.21. The van der Waals surface area contributed by atoms with E-state index in [2.05, 4.69) is 33.0 Å². The summed E-state index contributed by atoms with van der Waals surface area (Å²) in [5, 5.41) is 3.43. The zero-order chi connectivity index (χ0) is 13.9. The molecule has 0 aliphatic heterocycles. The SMILES string of the molecule is CC(CNC(C)(C)C)C(C)c1ccc(F)c(F)c1. The summed E-state index contributed by atoms with van der Waals surface area (Å²) in [7, 11) is 0. The molecule has 0 fully saturated rings. The Morgan fingerprint density at radius 3 is 2.22 bits per heavy atom. The van der Waals surface area contributed by atoms with Crippen molar-refractivity contribution >= 4 is 0 Å². The monoisotopic (exact) mass is 255 g/mol. The van der Waals surface area contributed by atoms with Crippen molar-refractivity contribution in [2.45, 2.75) is 46.1 Å². The molecular formula is C15H23F2N. The first kappa shape index (κ1) is 15.1. The summed E-state index contributed by atoms with van der Waals surface area (Å²) >= 11 is 0. The summed E-state index contributed by atoms with van der Waals surface area (Å²) in [4.78, 5) is 0. The van der Waals surface area contributed by atoms with Gasteiger partial charge in [0.25, 0.3) is 0 Å². The van der Waals surface area contributed by atoms with Crippen LogP contribution >= 0.6 is 0 Å². The van der Waals surface area contributed by atoms with E-state index in [1.807, 2.05) is 6.92 Å². The molecule has 0 aliphatic carbocycles. The molecular weight excluding hydrogens is 232 g/mol. The minimum Gasteiger partial charge on any atom is -0.312 e. The van der Waals surface area contributed by atoms with Crippen molar-refractivity contribution in [3.63, 3.8) is 0 Å². The molecule has 0 aliphatic rings. The zero-order valence-electron chi connectivity index (χ0n) is 11.8. The van der Waals surface area contributed by atoms with E-state index in [9.17, 15) is 8.78 Å². The third kappa shape index (κ3) is 4.37. The van der Waals surface area contributed by atoms with Crippen LogP contribution in [0.2, 0.25) is 0 Å². The second-order valence-corrected chi connectivity index (χ2v) is 6.07. The van der Waals surface area contributed by atoms with Gasteiger partial charge in [0.2, 0.25) is 0 Å². The van der Waals surface area contributed by atoms with Gasteiger partial charge < -0.3 is 5.32 Å². The van der Waals surface area contributed by atoms with E-state index in [0.29, 0.717) is 5.92 Å². The third-order valence-electron chi connectivity index (χ3n) is 3.28.